The van der Waals surface area contributed by atoms with Crippen molar-refractivity contribution in [1.29, 1.82) is 0 Å². The number of amides is 1. The first-order valence-electron chi connectivity index (χ1n) is 7.86. The highest BCUT2D eigenvalue weighted by molar-refractivity contribution is 5.98. The number of carbonyl (C=O) groups excluding carboxylic acids is 1. The fourth-order valence-electron chi connectivity index (χ4n) is 4.08. The van der Waals surface area contributed by atoms with Crippen LogP contribution in [0, 0.1) is 11.2 Å². The third-order valence-electron chi connectivity index (χ3n) is 5.19. The number of primary amides is 1. The molecule has 1 atom stereocenters. The van der Waals surface area contributed by atoms with Crippen molar-refractivity contribution in [3.63, 3.8) is 0 Å². The summed E-state index contributed by atoms with van der Waals surface area (Å²) < 4.78 is 14.7. The van der Waals surface area contributed by atoms with Crippen LogP contribution >= 0.6 is 0 Å². The number of hydrogen-bond donors (Lipinski definition) is 2. The molecule has 2 aliphatic carbocycles. The third kappa shape index (κ3) is 2.17. The van der Waals surface area contributed by atoms with Crippen molar-refractivity contribution in [2.45, 2.75) is 25.7 Å². The first-order chi connectivity index (χ1) is 10.9. The number of rotatable bonds is 5. The minimum absolute atomic E-state index is 0. The summed E-state index contributed by atoms with van der Waals surface area (Å²) in [5, 5.41) is 0. The predicted molar refractivity (Wildman–Crippen MR) is 88.0 cm³/mol. The second kappa shape index (κ2) is 6.19. The molecule has 0 radical (unpaired) electrons. The summed E-state index contributed by atoms with van der Waals surface area (Å²) in [6, 6.07) is 13.1. The van der Waals surface area contributed by atoms with Crippen LogP contribution in [0.3, 0.4) is 0 Å². The van der Waals surface area contributed by atoms with Gasteiger partial charge >= 0.3 is 0 Å². The summed E-state index contributed by atoms with van der Waals surface area (Å²) in [7, 11) is 0. The molecule has 128 valence electrons. The molecule has 0 aliphatic heterocycles. The zero-order valence-electron chi connectivity index (χ0n) is 13.9. The van der Waals surface area contributed by atoms with Gasteiger partial charge in [0.2, 0.25) is 5.91 Å². The summed E-state index contributed by atoms with van der Waals surface area (Å²) in [6.45, 7) is 4.60. The average Bonchev–Trinajstić information content (AvgIpc) is 2.53. The Hall–Kier alpha value is -1.91. The molecule has 0 saturated heterocycles. The van der Waals surface area contributed by atoms with Gasteiger partial charge in [0.25, 0.3) is 0 Å². The lowest BCUT2D eigenvalue weighted by atomic mass is 9.49. The first-order valence-corrected chi connectivity index (χ1v) is 7.86. The van der Waals surface area contributed by atoms with Crippen LogP contribution in [0.25, 0.3) is 11.1 Å². The lowest BCUT2D eigenvalue weighted by molar-refractivity contribution is -0.372. The zero-order valence-corrected chi connectivity index (χ0v) is 14.7. The zero-order chi connectivity index (χ0) is 16.8. The topological polar surface area (TPSA) is 70.7 Å². The van der Waals surface area contributed by atoms with Crippen LogP contribution in [0.4, 0.5) is 4.39 Å². The van der Waals surface area contributed by atoms with Gasteiger partial charge in [-0.3, -0.25) is 4.79 Å². The van der Waals surface area contributed by atoms with Gasteiger partial charge in [-0.2, -0.15) is 0 Å². The Labute approximate surface area is 147 Å². The van der Waals surface area contributed by atoms with E-state index in [1.165, 1.54) is 0 Å². The Balaban J connectivity index is 0.00000208. The molecule has 0 heterocycles. The number of hydrogen-bond acceptors (Lipinski definition) is 1. The summed E-state index contributed by atoms with van der Waals surface area (Å²) >= 11 is 0. The molecule has 0 spiro atoms. The van der Waals surface area contributed by atoms with E-state index in [2.05, 4.69) is 5.73 Å². The molecular weight excluding hydrogens is 327 g/mol. The standard InChI is InChI=1S/C19H21FN2O.ClH/c1-18(2,10-11-21)19(17(22)23)14-9-8-13(15(19)16(14)20)12-6-4-3-5-7-12;/h3-9H,10-11,21H2,1-2H3,(H2,22,23);1H. The van der Waals surface area contributed by atoms with Crippen LogP contribution in [-0.2, 0) is 10.2 Å². The molecular formula is C19H22ClFN2O. The molecule has 5 N–H and O–H groups in total. The molecule has 4 rings (SSSR count). The molecule has 2 aromatic carbocycles. The van der Waals surface area contributed by atoms with Gasteiger partial charge in [-0.15, -0.1) is 0 Å². The average molecular weight is 349 g/mol. The Morgan fingerprint density at radius 2 is 1.83 bits per heavy atom. The minimum atomic E-state index is -1.07. The van der Waals surface area contributed by atoms with Crippen molar-refractivity contribution in [2.75, 3.05) is 6.54 Å². The molecule has 2 aliphatic rings. The first kappa shape index (κ1) is 18.4. The number of benzene rings is 2. The SMILES string of the molecule is CC(C)(CC[NH3+])C1(C(N)=O)c2ccc(-c3ccccc3)c1c2F.[Cl-]. The van der Waals surface area contributed by atoms with Crippen LogP contribution in [0.2, 0.25) is 0 Å². The van der Waals surface area contributed by atoms with Gasteiger partial charge in [0, 0.05) is 17.5 Å². The van der Waals surface area contributed by atoms with Gasteiger partial charge in [0.15, 0.2) is 0 Å². The highest BCUT2D eigenvalue weighted by Crippen LogP contribution is 2.59. The van der Waals surface area contributed by atoms with Crippen molar-refractivity contribution < 1.29 is 27.3 Å². The van der Waals surface area contributed by atoms with Crippen LogP contribution in [-0.4, -0.2) is 12.5 Å². The molecule has 2 bridgehead atoms. The van der Waals surface area contributed by atoms with E-state index in [0.717, 1.165) is 11.1 Å². The van der Waals surface area contributed by atoms with Crippen LogP contribution in [0.5, 0.6) is 0 Å². The van der Waals surface area contributed by atoms with Crippen LogP contribution in [0.1, 0.15) is 31.4 Å². The molecule has 3 nitrogen and oxygen atoms in total. The van der Waals surface area contributed by atoms with Gasteiger partial charge in [-0.1, -0.05) is 56.3 Å². The van der Waals surface area contributed by atoms with E-state index in [4.69, 9.17) is 5.73 Å². The van der Waals surface area contributed by atoms with Crippen molar-refractivity contribution in [2.24, 2.45) is 11.1 Å². The Morgan fingerprint density at radius 3 is 2.33 bits per heavy atom. The summed E-state index contributed by atoms with van der Waals surface area (Å²) in [5.41, 5.74) is 10.6. The Kier molecular flexibility index (Phi) is 4.75. The minimum Gasteiger partial charge on any atom is -1.00 e. The van der Waals surface area contributed by atoms with Crippen molar-refractivity contribution in [1.82, 2.24) is 0 Å². The summed E-state index contributed by atoms with van der Waals surface area (Å²) in [6.07, 6.45) is 0.687. The Bertz CT molecular complexity index is 776. The molecule has 0 fully saturated rings. The fraction of sp³-hybridized carbons (Fsp3) is 0.316. The molecule has 1 amide bonds. The molecule has 5 heteroatoms. The van der Waals surface area contributed by atoms with E-state index in [9.17, 15) is 9.18 Å². The molecule has 24 heavy (non-hydrogen) atoms. The lowest BCUT2D eigenvalue weighted by Crippen LogP contribution is -3.00. The van der Waals surface area contributed by atoms with E-state index in [0.29, 0.717) is 24.1 Å². The van der Waals surface area contributed by atoms with Crippen molar-refractivity contribution >= 4 is 5.91 Å². The van der Waals surface area contributed by atoms with E-state index < -0.39 is 16.7 Å². The molecule has 1 unspecified atom stereocenters. The predicted octanol–water partition coefficient (Wildman–Crippen LogP) is -0.760. The summed E-state index contributed by atoms with van der Waals surface area (Å²) in [5.74, 6) is -0.789. The van der Waals surface area contributed by atoms with Gasteiger partial charge in [-0.25, -0.2) is 4.39 Å². The van der Waals surface area contributed by atoms with Crippen molar-refractivity contribution in [3.05, 3.63) is 59.4 Å². The molecule has 0 saturated carbocycles. The molecule has 0 aromatic heterocycles. The van der Waals surface area contributed by atoms with Crippen LogP contribution < -0.4 is 23.9 Å². The van der Waals surface area contributed by atoms with Gasteiger partial charge in [-0.05, 0) is 16.5 Å². The second-order valence-corrected chi connectivity index (χ2v) is 6.82. The van der Waals surface area contributed by atoms with Gasteiger partial charge < -0.3 is 23.9 Å². The monoisotopic (exact) mass is 348 g/mol. The number of quaternary nitrogens is 1. The van der Waals surface area contributed by atoms with E-state index >= 15 is 0 Å². The highest BCUT2D eigenvalue weighted by Gasteiger charge is 2.62. The maximum absolute atomic E-state index is 14.7. The van der Waals surface area contributed by atoms with Gasteiger partial charge in [0.05, 0.1) is 6.54 Å². The fourth-order valence-corrected chi connectivity index (χ4v) is 4.08. The van der Waals surface area contributed by atoms with Gasteiger partial charge in [0.1, 0.15) is 11.2 Å². The van der Waals surface area contributed by atoms with E-state index in [-0.39, 0.29) is 18.2 Å². The maximum atomic E-state index is 14.7. The smallest absolute Gasteiger partial charge is 0.233 e. The quantitative estimate of drug-likeness (QED) is 0.732. The number of nitrogens with two attached hydrogens (primary N) is 1. The lowest BCUT2D eigenvalue weighted by Gasteiger charge is -2.51. The Morgan fingerprint density at radius 1 is 1.21 bits per heavy atom. The summed E-state index contributed by atoms with van der Waals surface area (Å²) in [4.78, 5) is 12.5. The third-order valence-corrected chi connectivity index (χ3v) is 5.19. The van der Waals surface area contributed by atoms with E-state index in [1.807, 2.05) is 50.2 Å². The van der Waals surface area contributed by atoms with E-state index in [1.54, 1.807) is 6.07 Å². The number of carbonyl (C=O) groups is 1. The van der Waals surface area contributed by atoms with Crippen molar-refractivity contribution in [3.8, 4) is 11.1 Å². The number of fused-ring (bicyclic) bond motifs is 2. The second-order valence-electron chi connectivity index (χ2n) is 6.82. The largest absolute Gasteiger partial charge is 1.00 e. The number of halogens is 2. The normalized spacial score (nSPS) is 18.5. The van der Waals surface area contributed by atoms with Crippen LogP contribution in [0.15, 0.2) is 42.5 Å². The molecule has 2 aromatic rings. The highest BCUT2D eigenvalue weighted by atomic mass is 35.5. The maximum Gasteiger partial charge on any atom is 0.233 e.